The molecule has 8 heteroatoms. The van der Waals surface area contributed by atoms with Crippen LogP contribution < -0.4 is 0 Å². The van der Waals surface area contributed by atoms with Crippen molar-refractivity contribution in [3.8, 4) is 0 Å². The van der Waals surface area contributed by atoms with Crippen LogP contribution in [0.25, 0.3) is 6.08 Å². The molecule has 46 heavy (non-hydrogen) atoms. The Balaban J connectivity index is 1.46. The van der Waals surface area contributed by atoms with Crippen molar-refractivity contribution in [2.75, 3.05) is 6.54 Å². The molecule has 2 aliphatic rings. The number of carboxylic acids is 1. The number of hydrogen-bond donors (Lipinski definition) is 1. The van der Waals surface area contributed by atoms with Gasteiger partial charge in [-0.3, -0.25) is 0 Å². The Morgan fingerprint density at radius 3 is 1.91 bits per heavy atom. The van der Waals surface area contributed by atoms with Gasteiger partial charge in [-0.15, -0.1) is 0 Å². The quantitative estimate of drug-likeness (QED) is 0.281. The molecule has 2 fully saturated rings. The maximum Gasteiger partial charge on any atom is 0.410 e. The van der Waals surface area contributed by atoms with Crippen LogP contribution in [-0.4, -0.2) is 62.9 Å². The van der Waals surface area contributed by atoms with E-state index < -0.39 is 17.2 Å². The highest BCUT2D eigenvalue weighted by Crippen LogP contribution is 2.45. The van der Waals surface area contributed by atoms with Crippen molar-refractivity contribution in [3.63, 3.8) is 0 Å². The first-order chi connectivity index (χ1) is 21.6. The first-order valence-electron chi connectivity index (χ1n) is 16.7. The van der Waals surface area contributed by atoms with Crippen LogP contribution in [0.1, 0.15) is 108 Å². The summed E-state index contributed by atoms with van der Waals surface area (Å²) in [6.07, 6.45) is 6.85. The number of carbonyl (C=O) groups excluding carboxylic acids is 2. The number of carboxylic acid groups (broad SMARTS) is 1. The Labute approximate surface area is 274 Å². The molecule has 2 aromatic carbocycles. The number of nitrogens with zero attached hydrogens (tertiary/aromatic N) is 2. The average molecular weight is 633 g/mol. The highest BCUT2D eigenvalue weighted by atomic mass is 16.6. The van der Waals surface area contributed by atoms with E-state index in [2.05, 4.69) is 25.1 Å². The third kappa shape index (κ3) is 10.1. The monoisotopic (exact) mass is 632 g/mol. The van der Waals surface area contributed by atoms with E-state index in [1.807, 2.05) is 64.6 Å². The summed E-state index contributed by atoms with van der Waals surface area (Å²) in [6.45, 7) is 14.5. The third-order valence-corrected chi connectivity index (χ3v) is 8.71. The van der Waals surface area contributed by atoms with Gasteiger partial charge in [-0.2, -0.15) is 0 Å². The van der Waals surface area contributed by atoms with E-state index in [0.717, 1.165) is 44.1 Å². The van der Waals surface area contributed by atoms with E-state index in [4.69, 9.17) is 9.47 Å². The van der Waals surface area contributed by atoms with Crippen LogP contribution in [0, 0.1) is 11.8 Å². The fraction of sp³-hybridized carbons (Fsp3) is 0.553. The molecule has 4 rings (SSSR count). The lowest BCUT2D eigenvalue weighted by Gasteiger charge is -2.39. The molecule has 2 aromatic rings. The van der Waals surface area contributed by atoms with Crippen LogP contribution in [0.4, 0.5) is 9.59 Å². The lowest BCUT2D eigenvalue weighted by molar-refractivity contribution is 0.00499. The molecule has 2 aliphatic carbocycles. The summed E-state index contributed by atoms with van der Waals surface area (Å²) >= 11 is 0. The van der Waals surface area contributed by atoms with Gasteiger partial charge in [-0.1, -0.05) is 61.0 Å². The number of carbonyl (C=O) groups is 3. The zero-order valence-electron chi connectivity index (χ0n) is 28.6. The normalized spacial score (nSPS) is 21.7. The Kier molecular flexibility index (Phi) is 11.2. The fourth-order valence-electron chi connectivity index (χ4n) is 6.36. The van der Waals surface area contributed by atoms with Gasteiger partial charge in [-0.05, 0) is 109 Å². The summed E-state index contributed by atoms with van der Waals surface area (Å²) in [5.41, 5.74) is 2.38. The smallest absolute Gasteiger partial charge is 0.410 e. The van der Waals surface area contributed by atoms with Gasteiger partial charge < -0.3 is 24.4 Å². The zero-order chi connectivity index (χ0) is 33.6. The maximum absolute atomic E-state index is 13.6. The molecule has 250 valence electrons. The second kappa shape index (κ2) is 14.7. The summed E-state index contributed by atoms with van der Waals surface area (Å²) in [6, 6.07) is 17.1. The lowest BCUT2D eigenvalue weighted by Crippen LogP contribution is -2.46. The number of rotatable bonds is 10. The summed E-state index contributed by atoms with van der Waals surface area (Å²) in [4.78, 5) is 42.1. The molecule has 0 heterocycles. The number of benzene rings is 2. The van der Waals surface area contributed by atoms with Crippen molar-refractivity contribution in [3.05, 3.63) is 76.9 Å². The first kappa shape index (κ1) is 35.1. The van der Waals surface area contributed by atoms with E-state index in [9.17, 15) is 19.5 Å². The van der Waals surface area contributed by atoms with Gasteiger partial charge in [0.2, 0.25) is 0 Å². The largest absolute Gasteiger partial charge is 0.478 e. The molecule has 0 radical (unpaired) electrons. The van der Waals surface area contributed by atoms with Gasteiger partial charge in [0.1, 0.15) is 11.2 Å². The van der Waals surface area contributed by atoms with Gasteiger partial charge in [0.25, 0.3) is 0 Å². The predicted octanol–water partition coefficient (Wildman–Crippen LogP) is 8.80. The van der Waals surface area contributed by atoms with Crippen molar-refractivity contribution in [2.45, 2.75) is 117 Å². The Morgan fingerprint density at radius 1 is 0.826 bits per heavy atom. The van der Waals surface area contributed by atoms with Crippen molar-refractivity contribution in [1.29, 1.82) is 0 Å². The van der Waals surface area contributed by atoms with E-state index in [1.54, 1.807) is 29.2 Å². The molecule has 0 bridgehead atoms. The summed E-state index contributed by atoms with van der Waals surface area (Å²) in [5.74, 6) is -0.363. The third-order valence-electron chi connectivity index (χ3n) is 8.71. The molecule has 1 N–H and O–H groups in total. The summed E-state index contributed by atoms with van der Waals surface area (Å²) in [7, 11) is 0. The molecular weight excluding hydrogens is 580 g/mol. The minimum atomic E-state index is -0.982. The summed E-state index contributed by atoms with van der Waals surface area (Å²) < 4.78 is 11.7. The number of hydrogen-bond acceptors (Lipinski definition) is 5. The van der Waals surface area contributed by atoms with Crippen LogP contribution in [0.3, 0.4) is 0 Å². The number of amides is 2. The SMILES string of the molecule is CCC(=Cc1ccccc1)[C@@H]1C[C@H]1N(CC1CCC(N(Cc2ccc(C(=O)O)cc2)C(=O)OC(C)(C)C)CC1)C(=O)OC(C)(C)C. The van der Waals surface area contributed by atoms with Crippen LogP contribution in [0.2, 0.25) is 0 Å². The molecular formula is C38H52N2O6. The van der Waals surface area contributed by atoms with Gasteiger partial charge in [0, 0.05) is 31.1 Å². The van der Waals surface area contributed by atoms with E-state index in [0.29, 0.717) is 24.9 Å². The summed E-state index contributed by atoms with van der Waals surface area (Å²) in [5, 5.41) is 9.29. The fourth-order valence-corrected chi connectivity index (χ4v) is 6.36. The average Bonchev–Trinajstić information content (AvgIpc) is 3.77. The van der Waals surface area contributed by atoms with Crippen molar-refractivity contribution >= 4 is 24.2 Å². The van der Waals surface area contributed by atoms with Gasteiger partial charge in [0.15, 0.2) is 0 Å². The van der Waals surface area contributed by atoms with Crippen LogP contribution in [0.15, 0.2) is 60.2 Å². The van der Waals surface area contributed by atoms with E-state index >= 15 is 0 Å². The molecule has 0 saturated heterocycles. The minimum absolute atomic E-state index is 0.0191. The second-order valence-electron chi connectivity index (χ2n) is 14.8. The Morgan fingerprint density at radius 2 is 1.39 bits per heavy atom. The Hall–Kier alpha value is -3.81. The van der Waals surface area contributed by atoms with E-state index in [-0.39, 0.29) is 29.8 Å². The van der Waals surface area contributed by atoms with Crippen molar-refractivity contribution in [2.24, 2.45) is 11.8 Å². The van der Waals surface area contributed by atoms with Crippen molar-refractivity contribution in [1.82, 2.24) is 9.80 Å². The van der Waals surface area contributed by atoms with E-state index in [1.165, 1.54) is 11.1 Å². The highest BCUT2D eigenvalue weighted by molar-refractivity contribution is 5.87. The number of aromatic carboxylic acids is 1. The molecule has 2 saturated carbocycles. The zero-order valence-corrected chi connectivity index (χ0v) is 28.6. The van der Waals surface area contributed by atoms with Crippen LogP contribution in [-0.2, 0) is 16.0 Å². The maximum atomic E-state index is 13.6. The Bertz CT molecular complexity index is 1360. The lowest BCUT2D eigenvalue weighted by atomic mass is 9.84. The standard InChI is InChI=1S/C38H52N2O6/c1-8-29(22-26-12-10-9-11-13-26)32-23-33(32)40(36(44)46-38(5,6)7)25-28-16-20-31(21-17-28)39(35(43)45-37(2,3)4)24-27-14-18-30(19-15-27)34(41)42/h9-15,18-19,22,28,31-33H,8,16-17,20-21,23-25H2,1-7H3,(H,41,42)/t28?,31?,32-,33+/m0/s1. The predicted molar refractivity (Wildman–Crippen MR) is 180 cm³/mol. The van der Waals surface area contributed by atoms with Crippen molar-refractivity contribution < 1.29 is 29.0 Å². The van der Waals surface area contributed by atoms with Gasteiger partial charge in [0.05, 0.1) is 5.56 Å². The van der Waals surface area contributed by atoms with Gasteiger partial charge in [-0.25, -0.2) is 14.4 Å². The van der Waals surface area contributed by atoms with Crippen LogP contribution >= 0.6 is 0 Å². The molecule has 2 atom stereocenters. The second-order valence-corrected chi connectivity index (χ2v) is 14.8. The topological polar surface area (TPSA) is 96.4 Å². The molecule has 0 aliphatic heterocycles. The molecule has 0 spiro atoms. The molecule has 8 nitrogen and oxygen atoms in total. The highest BCUT2D eigenvalue weighted by Gasteiger charge is 2.47. The van der Waals surface area contributed by atoms with Gasteiger partial charge >= 0.3 is 18.2 Å². The van der Waals surface area contributed by atoms with Crippen LogP contribution in [0.5, 0.6) is 0 Å². The number of ether oxygens (including phenoxy) is 2. The molecule has 0 unspecified atom stereocenters. The molecule has 2 amide bonds. The molecule has 0 aromatic heterocycles. The first-order valence-corrected chi connectivity index (χ1v) is 16.7. The minimum Gasteiger partial charge on any atom is -0.478 e.